The zero-order chi connectivity index (χ0) is 28.2. The van der Waals surface area contributed by atoms with Crippen molar-refractivity contribution in [2.45, 2.75) is 50.7 Å². The van der Waals surface area contributed by atoms with Crippen LogP contribution in [-0.4, -0.2) is 54.6 Å². The first-order valence-corrected chi connectivity index (χ1v) is 12.7. The molecule has 2 heterocycles. The van der Waals surface area contributed by atoms with Gasteiger partial charge in [0.1, 0.15) is 11.6 Å². The molecule has 1 fully saturated rings. The predicted octanol–water partition coefficient (Wildman–Crippen LogP) is 5.45. The summed E-state index contributed by atoms with van der Waals surface area (Å²) < 4.78 is 61.2. The number of carbonyl (C=O) groups is 2. The number of hydrogen-bond donors (Lipinski definition) is 2. The number of para-hydroxylation sites is 1. The van der Waals surface area contributed by atoms with Gasteiger partial charge in [-0.25, -0.2) is 4.39 Å². The zero-order valence-corrected chi connectivity index (χ0v) is 21.4. The number of aliphatic carboxylic acids is 1. The van der Waals surface area contributed by atoms with Gasteiger partial charge < -0.3 is 25.0 Å². The molecule has 2 aliphatic heterocycles. The number of anilines is 2. The van der Waals surface area contributed by atoms with E-state index in [-0.39, 0.29) is 41.1 Å². The highest BCUT2D eigenvalue weighted by Gasteiger charge is 2.38. The lowest BCUT2D eigenvalue weighted by Crippen LogP contribution is -2.45. The third-order valence-electron chi connectivity index (χ3n) is 6.83. The summed E-state index contributed by atoms with van der Waals surface area (Å²) in [6.07, 6.45) is -1.52. The van der Waals surface area contributed by atoms with Crippen LogP contribution in [0, 0.1) is 5.82 Å². The molecule has 39 heavy (non-hydrogen) atoms. The van der Waals surface area contributed by atoms with Crippen LogP contribution in [0.2, 0.25) is 0 Å². The summed E-state index contributed by atoms with van der Waals surface area (Å²) in [5, 5.41) is 12.6. The molecule has 0 aliphatic carbocycles. The van der Waals surface area contributed by atoms with Gasteiger partial charge in [-0.05, 0) is 43.5 Å². The lowest BCUT2D eigenvalue weighted by molar-refractivity contribution is -0.138. The van der Waals surface area contributed by atoms with Crippen molar-refractivity contribution in [2.24, 2.45) is 4.99 Å². The van der Waals surface area contributed by atoms with Gasteiger partial charge in [-0.2, -0.15) is 13.2 Å². The number of guanidine groups is 1. The Balaban J connectivity index is 1.75. The van der Waals surface area contributed by atoms with Crippen molar-refractivity contribution < 1.29 is 37.0 Å². The number of amides is 1. The average molecular weight is 551 g/mol. The lowest BCUT2D eigenvalue weighted by atomic mass is 9.96. The first-order chi connectivity index (χ1) is 18.6. The maximum atomic E-state index is 14.9. The second-order valence-electron chi connectivity index (χ2n) is 9.45. The summed E-state index contributed by atoms with van der Waals surface area (Å²) in [5.41, 5.74) is -0.766. The van der Waals surface area contributed by atoms with E-state index >= 15 is 0 Å². The zero-order valence-electron chi connectivity index (χ0n) is 21.4. The molecule has 0 aromatic heterocycles. The smallest absolute Gasteiger partial charge is 0.416 e. The summed E-state index contributed by atoms with van der Waals surface area (Å²) in [6.45, 7) is 1.26. The van der Waals surface area contributed by atoms with Crippen molar-refractivity contribution in [2.75, 3.05) is 37.0 Å². The SMILES string of the molecule is COc1ccc(C(F)(F)F)cc1N1C(=NCCCN2CCCCCC2=O)Nc2c(F)cccc2C1CC(=O)O. The van der Waals surface area contributed by atoms with Crippen molar-refractivity contribution in [3.05, 3.63) is 53.3 Å². The van der Waals surface area contributed by atoms with Crippen LogP contribution in [-0.2, 0) is 15.8 Å². The van der Waals surface area contributed by atoms with E-state index in [9.17, 15) is 32.3 Å². The number of likely N-dealkylation sites (tertiary alicyclic amines) is 1. The quantitative estimate of drug-likeness (QED) is 0.335. The Morgan fingerprint density at radius 2 is 2.00 bits per heavy atom. The maximum absolute atomic E-state index is 14.9. The molecule has 2 N–H and O–H groups in total. The number of rotatable bonds is 8. The van der Waals surface area contributed by atoms with Crippen molar-refractivity contribution in [1.29, 1.82) is 0 Å². The highest BCUT2D eigenvalue weighted by atomic mass is 19.4. The number of nitrogens with zero attached hydrogens (tertiary/aromatic N) is 3. The molecular weight excluding hydrogens is 520 g/mol. The Labute approximate surface area is 223 Å². The summed E-state index contributed by atoms with van der Waals surface area (Å²) in [4.78, 5) is 31.8. The molecule has 1 unspecified atom stereocenters. The third-order valence-corrected chi connectivity index (χ3v) is 6.83. The molecule has 1 atom stereocenters. The van der Waals surface area contributed by atoms with Gasteiger partial charge >= 0.3 is 12.1 Å². The number of alkyl halides is 3. The molecule has 12 heteroatoms. The number of fused-ring (bicyclic) bond motifs is 1. The molecule has 2 aromatic carbocycles. The number of carbonyl (C=O) groups excluding carboxylic acids is 1. The fourth-order valence-corrected chi connectivity index (χ4v) is 4.95. The van der Waals surface area contributed by atoms with Gasteiger partial charge in [0, 0.05) is 31.6 Å². The standard InChI is InChI=1S/C27H30F4N4O4/c1-39-22-11-10-17(27(29,30)31)15-21(22)35-20(16-24(37)38)18-7-5-8-19(28)25(18)33-26(35)32-12-6-14-34-13-4-2-3-9-23(34)36/h5,7-8,10-11,15,20H,2-4,6,9,12-14,16H2,1H3,(H,32,33)(H,37,38). The van der Waals surface area contributed by atoms with Crippen LogP contribution in [0.15, 0.2) is 41.4 Å². The largest absolute Gasteiger partial charge is 0.495 e. The van der Waals surface area contributed by atoms with Gasteiger partial charge in [0.05, 0.1) is 36.5 Å². The predicted molar refractivity (Wildman–Crippen MR) is 137 cm³/mol. The van der Waals surface area contributed by atoms with E-state index in [2.05, 4.69) is 10.3 Å². The number of halogens is 4. The lowest BCUT2D eigenvalue weighted by Gasteiger charge is -2.40. The molecule has 0 spiro atoms. The van der Waals surface area contributed by atoms with E-state index in [1.54, 1.807) is 4.90 Å². The number of carboxylic acids is 1. The minimum absolute atomic E-state index is 0.00684. The minimum atomic E-state index is -4.67. The molecule has 1 saturated heterocycles. The number of carboxylic acid groups (broad SMARTS) is 1. The molecule has 8 nitrogen and oxygen atoms in total. The van der Waals surface area contributed by atoms with Gasteiger partial charge in [0.2, 0.25) is 11.9 Å². The van der Waals surface area contributed by atoms with Crippen LogP contribution in [0.1, 0.15) is 55.7 Å². The highest BCUT2D eigenvalue weighted by Crippen LogP contribution is 2.44. The fourth-order valence-electron chi connectivity index (χ4n) is 4.95. The third kappa shape index (κ3) is 6.43. The Kier molecular flexibility index (Phi) is 8.61. The van der Waals surface area contributed by atoms with Gasteiger partial charge in [-0.15, -0.1) is 0 Å². The Morgan fingerprint density at radius 1 is 1.21 bits per heavy atom. The van der Waals surface area contributed by atoms with Crippen LogP contribution in [0.3, 0.4) is 0 Å². The van der Waals surface area contributed by atoms with Crippen LogP contribution in [0.5, 0.6) is 5.75 Å². The molecule has 210 valence electrons. The number of ether oxygens (including phenoxy) is 1. The van der Waals surface area contributed by atoms with Crippen molar-refractivity contribution in [3.63, 3.8) is 0 Å². The number of hydrogen-bond acceptors (Lipinski definition) is 4. The van der Waals surface area contributed by atoms with Crippen LogP contribution in [0.4, 0.5) is 28.9 Å². The van der Waals surface area contributed by atoms with Crippen molar-refractivity contribution in [3.8, 4) is 5.75 Å². The summed E-state index contributed by atoms with van der Waals surface area (Å²) in [5.74, 6) is -1.76. The minimum Gasteiger partial charge on any atom is -0.495 e. The van der Waals surface area contributed by atoms with Gasteiger partial charge in [-0.3, -0.25) is 14.6 Å². The second kappa shape index (κ2) is 11.9. The van der Waals surface area contributed by atoms with Gasteiger partial charge in [0.25, 0.3) is 0 Å². The number of aliphatic imine (C=N–C) groups is 1. The van der Waals surface area contributed by atoms with Crippen LogP contribution < -0.4 is 15.0 Å². The molecule has 0 bridgehead atoms. The van der Waals surface area contributed by atoms with E-state index in [0.717, 1.165) is 37.5 Å². The summed E-state index contributed by atoms with van der Waals surface area (Å²) >= 11 is 0. The second-order valence-corrected chi connectivity index (χ2v) is 9.45. The van der Waals surface area contributed by atoms with Gasteiger partial charge in [0.15, 0.2) is 0 Å². The van der Waals surface area contributed by atoms with E-state index in [0.29, 0.717) is 25.9 Å². The molecule has 1 amide bonds. The first kappa shape index (κ1) is 28.2. The van der Waals surface area contributed by atoms with Gasteiger partial charge in [-0.1, -0.05) is 18.6 Å². The molecule has 2 aliphatic rings. The van der Waals surface area contributed by atoms with E-state index < -0.39 is 36.0 Å². The first-order valence-electron chi connectivity index (χ1n) is 12.7. The molecule has 2 aromatic rings. The van der Waals surface area contributed by atoms with E-state index in [1.165, 1.54) is 30.2 Å². The highest BCUT2D eigenvalue weighted by molar-refractivity contribution is 6.10. The van der Waals surface area contributed by atoms with Crippen molar-refractivity contribution >= 4 is 29.2 Å². The van der Waals surface area contributed by atoms with Crippen LogP contribution in [0.25, 0.3) is 0 Å². The Hall–Kier alpha value is -3.83. The van der Waals surface area contributed by atoms with Crippen LogP contribution >= 0.6 is 0 Å². The summed E-state index contributed by atoms with van der Waals surface area (Å²) in [6, 6.07) is 5.93. The average Bonchev–Trinajstić information content (AvgIpc) is 3.09. The normalized spacial score (nSPS) is 18.9. The number of benzene rings is 2. The Bertz CT molecular complexity index is 1250. The fraction of sp³-hybridized carbons (Fsp3) is 0.444. The molecule has 0 saturated carbocycles. The van der Waals surface area contributed by atoms with Crippen molar-refractivity contribution in [1.82, 2.24) is 4.90 Å². The monoisotopic (exact) mass is 550 g/mol. The molecule has 0 radical (unpaired) electrons. The topological polar surface area (TPSA) is 94.5 Å². The summed E-state index contributed by atoms with van der Waals surface area (Å²) in [7, 11) is 1.29. The Morgan fingerprint density at radius 3 is 2.72 bits per heavy atom. The maximum Gasteiger partial charge on any atom is 0.416 e. The van der Waals surface area contributed by atoms with E-state index in [4.69, 9.17) is 4.74 Å². The number of methoxy groups -OCH3 is 1. The molecule has 4 rings (SSSR count). The number of nitrogens with one attached hydrogen (secondary N) is 1. The molecular formula is C27H30F4N4O4. The van der Waals surface area contributed by atoms with E-state index in [1.807, 2.05) is 0 Å².